The summed E-state index contributed by atoms with van der Waals surface area (Å²) in [7, 11) is 0. The Labute approximate surface area is 98.0 Å². The molecule has 0 bridgehead atoms. The van der Waals surface area contributed by atoms with Crippen LogP contribution in [0.5, 0.6) is 0 Å². The number of halogens is 1. The largest absolute Gasteiger partial charge is 0.376 e. The van der Waals surface area contributed by atoms with Crippen LogP contribution in [0, 0.1) is 0 Å². The minimum Gasteiger partial charge on any atom is -0.376 e. The van der Waals surface area contributed by atoms with Crippen LogP contribution in [0.4, 0.5) is 5.69 Å². The first-order valence-electron chi connectivity index (χ1n) is 4.42. The lowest BCUT2D eigenvalue weighted by Gasteiger charge is -2.08. The van der Waals surface area contributed by atoms with Crippen molar-refractivity contribution in [3.05, 3.63) is 41.4 Å². The predicted octanol–water partition coefficient (Wildman–Crippen LogP) is 3.15. The average molecular weight is 237 g/mol. The molecule has 0 atom stereocenters. The third kappa shape index (κ3) is 2.03. The number of nitrogens with two attached hydrogens (primary N) is 1. The zero-order valence-corrected chi connectivity index (χ0v) is 9.40. The van der Waals surface area contributed by atoms with E-state index in [0.717, 1.165) is 21.5 Å². The van der Waals surface area contributed by atoms with Gasteiger partial charge in [0, 0.05) is 21.5 Å². The van der Waals surface area contributed by atoms with Gasteiger partial charge in [-0.1, -0.05) is 35.9 Å². The number of hydrogen-bond donors (Lipinski definition) is 2. The highest BCUT2D eigenvalue weighted by molar-refractivity contribution is 7.80. The molecule has 0 aliphatic carbocycles. The Morgan fingerprint density at radius 1 is 1.13 bits per heavy atom. The lowest BCUT2D eigenvalue weighted by Crippen LogP contribution is -2.18. The van der Waals surface area contributed by atoms with E-state index in [1.54, 1.807) is 0 Å². The molecule has 0 radical (unpaired) electrons. The Morgan fingerprint density at radius 2 is 1.80 bits per heavy atom. The van der Waals surface area contributed by atoms with Crippen LogP contribution in [0.2, 0.25) is 5.02 Å². The first-order chi connectivity index (χ1) is 7.18. The van der Waals surface area contributed by atoms with Gasteiger partial charge in [-0.25, -0.2) is 0 Å². The third-order valence-electron chi connectivity index (χ3n) is 2.13. The number of rotatable bonds is 1. The van der Waals surface area contributed by atoms with Crippen molar-refractivity contribution in [2.24, 2.45) is 5.73 Å². The first-order valence-corrected chi connectivity index (χ1v) is 5.21. The van der Waals surface area contributed by atoms with Gasteiger partial charge < -0.3 is 11.1 Å². The summed E-state index contributed by atoms with van der Waals surface area (Å²) in [5.41, 5.74) is 6.32. The van der Waals surface area contributed by atoms with E-state index in [9.17, 15) is 0 Å². The monoisotopic (exact) mass is 236 g/mol. The number of fused-ring (bicyclic) bond motifs is 1. The average Bonchev–Trinajstić information content (AvgIpc) is 2.19. The highest BCUT2D eigenvalue weighted by atomic mass is 35.5. The van der Waals surface area contributed by atoms with Crippen LogP contribution < -0.4 is 11.1 Å². The molecular formula is C11H9ClN2S. The molecule has 2 aromatic carbocycles. The molecule has 0 saturated heterocycles. The molecule has 0 fully saturated rings. The van der Waals surface area contributed by atoms with E-state index in [4.69, 9.17) is 29.6 Å². The van der Waals surface area contributed by atoms with Crippen LogP contribution >= 0.6 is 23.8 Å². The second kappa shape index (κ2) is 4.04. The van der Waals surface area contributed by atoms with E-state index in [0.29, 0.717) is 0 Å². The zero-order chi connectivity index (χ0) is 10.8. The van der Waals surface area contributed by atoms with Crippen molar-refractivity contribution < 1.29 is 0 Å². The van der Waals surface area contributed by atoms with Crippen molar-refractivity contribution in [2.45, 2.75) is 0 Å². The smallest absolute Gasteiger partial charge is 0.168 e. The van der Waals surface area contributed by atoms with Crippen molar-refractivity contribution in [3.63, 3.8) is 0 Å². The summed E-state index contributed by atoms with van der Waals surface area (Å²) >= 11 is 10.9. The lowest BCUT2D eigenvalue weighted by molar-refractivity contribution is 1.64. The Hall–Kier alpha value is -1.32. The fourth-order valence-electron chi connectivity index (χ4n) is 1.51. The third-order valence-corrected chi connectivity index (χ3v) is 2.56. The Balaban J connectivity index is 2.65. The molecule has 0 saturated carbocycles. The zero-order valence-electron chi connectivity index (χ0n) is 7.83. The molecule has 0 unspecified atom stereocenters. The molecule has 4 heteroatoms. The molecule has 3 N–H and O–H groups in total. The normalized spacial score (nSPS) is 10.2. The quantitative estimate of drug-likeness (QED) is 0.747. The molecule has 0 aromatic heterocycles. The molecule has 2 rings (SSSR count). The molecule has 2 aromatic rings. The summed E-state index contributed by atoms with van der Waals surface area (Å²) in [6.45, 7) is 0. The van der Waals surface area contributed by atoms with Gasteiger partial charge in [0.1, 0.15) is 0 Å². The van der Waals surface area contributed by atoms with Gasteiger partial charge in [-0.2, -0.15) is 0 Å². The van der Waals surface area contributed by atoms with Crippen molar-refractivity contribution in [1.29, 1.82) is 0 Å². The molecule has 0 aliphatic rings. The van der Waals surface area contributed by atoms with Crippen LogP contribution in [0.1, 0.15) is 0 Å². The van der Waals surface area contributed by atoms with Crippen molar-refractivity contribution in [1.82, 2.24) is 0 Å². The van der Waals surface area contributed by atoms with Crippen LogP contribution in [-0.2, 0) is 0 Å². The van der Waals surface area contributed by atoms with Gasteiger partial charge in [0.2, 0.25) is 0 Å². The fraction of sp³-hybridized carbons (Fsp3) is 0. The summed E-state index contributed by atoms with van der Waals surface area (Å²) < 4.78 is 0. The SMILES string of the molecule is NC(=S)Nc1cccc2c(Cl)cccc12. The van der Waals surface area contributed by atoms with Crippen molar-refractivity contribution in [2.75, 3.05) is 5.32 Å². The molecule has 0 spiro atoms. The predicted molar refractivity (Wildman–Crippen MR) is 69.4 cm³/mol. The van der Waals surface area contributed by atoms with Gasteiger partial charge in [-0.05, 0) is 24.4 Å². The van der Waals surface area contributed by atoms with E-state index < -0.39 is 0 Å². The fourth-order valence-corrected chi connectivity index (χ4v) is 1.86. The van der Waals surface area contributed by atoms with Gasteiger partial charge in [-0.15, -0.1) is 0 Å². The summed E-state index contributed by atoms with van der Waals surface area (Å²) in [5.74, 6) is 0. The number of nitrogens with one attached hydrogen (secondary N) is 1. The van der Waals surface area contributed by atoms with Gasteiger partial charge in [0.15, 0.2) is 5.11 Å². The maximum absolute atomic E-state index is 6.07. The summed E-state index contributed by atoms with van der Waals surface area (Å²) in [6, 6.07) is 11.5. The maximum Gasteiger partial charge on any atom is 0.168 e. The standard InChI is InChI=1S/C11H9ClN2S/c12-9-5-1-4-8-7(9)3-2-6-10(8)14-11(13)15/h1-6H,(H3,13,14,15). The second-order valence-electron chi connectivity index (χ2n) is 3.13. The number of benzene rings is 2. The van der Waals surface area contributed by atoms with Crippen molar-refractivity contribution >= 4 is 45.4 Å². The van der Waals surface area contributed by atoms with Crippen LogP contribution in [0.3, 0.4) is 0 Å². The van der Waals surface area contributed by atoms with E-state index in [2.05, 4.69) is 5.32 Å². The van der Waals surface area contributed by atoms with Gasteiger partial charge in [0.05, 0.1) is 0 Å². The lowest BCUT2D eigenvalue weighted by atomic mass is 10.1. The Bertz CT molecular complexity index is 525. The Kier molecular flexibility index (Phi) is 2.75. The number of anilines is 1. The first kappa shape index (κ1) is 10.2. The van der Waals surface area contributed by atoms with E-state index in [-0.39, 0.29) is 5.11 Å². The van der Waals surface area contributed by atoms with Gasteiger partial charge in [-0.3, -0.25) is 0 Å². The highest BCUT2D eigenvalue weighted by Gasteiger charge is 2.03. The molecular weight excluding hydrogens is 228 g/mol. The highest BCUT2D eigenvalue weighted by Crippen LogP contribution is 2.28. The molecule has 76 valence electrons. The number of thiocarbonyl (C=S) groups is 1. The van der Waals surface area contributed by atoms with E-state index in [1.807, 2.05) is 36.4 Å². The van der Waals surface area contributed by atoms with Crippen LogP contribution in [0.25, 0.3) is 10.8 Å². The molecule has 15 heavy (non-hydrogen) atoms. The minimum absolute atomic E-state index is 0.252. The van der Waals surface area contributed by atoms with Gasteiger partial charge in [0.25, 0.3) is 0 Å². The maximum atomic E-state index is 6.07. The van der Waals surface area contributed by atoms with Crippen LogP contribution in [0.15, 0.2) is 36.4 Å². The topological polar surface area (TPSA) is 38.0 Å². The summed E-state index contributed by atoms with van der Waals surface area (Å²) in [5, 5.41) is 5.90. The molecule has 2 nitrogen and oxygen atoms in total. The Morgan fingerprint density at radius 3 is 2.53 bits per heavy atom. The van der Waals surface area contributed by atoms with Gasteiger partial charge >= 0.3 is 0 Å². The summed E-state index contributed by atoms with van der Waals surface area (Å²) in [6.07, 6.45) is 0. The second-order valence-corrected chi connectivity index (χ2v) is 3.98. The molecule has 0 aliphatic heterocycles. The number of hydrogen-bond acceptors (Lipinski definition) is 1. The molecule has 0 heterocycles. The summed E-state index contributed by atoms with van der Waals surface area (Å²) in [4.78, 5) is 0. The van der Waals surface area contributed by atoms with E-state index >= 15 is 0 Å². The van der Waals surface area contributed by atoms with Crippen molar-refractivity contribution in [3.8, 4) is 0 Å². The van der Waals surface area contributed by atoms with E-state index in [1.165, 1.54) is 0 Å². The minimum atomic E-state index is 0.252. The molecule has 0 amide bonds. The van der Waals surface area contributed by atoms with Crippen LogP contribution in [-0.4, -0.2) is 5.11 Å².